The van der Waals surface area contributed by atoms with E-state index in [0.717, 1.165) is 61.5 Å². The monoisotopic (exact) mass is 525 g/mol. The molecule has 4 rings (SSSR count). The zero-order chi connectivity index (χ0) is 21.4. The summed E-state index contributed by atoms with van der Waals surface area (Å²) in [5, 5.41) is 9.99. The molecular weight excluding hydrogens is 497 g/mol. The maximum Gasteiger partial charge on any atom is 0.341 e. The zero-order valence-corrected chi connectivity index (χ0v) is 19.6. The lowest BCUT2D eigenvalue weighted by Crippen LogP contribution is -2.45. The SMILES string of the molecule is CCN1CCC[C@H]1Cn1cc(C(=O)O)c(=O)c2cc(I)c(N3CCN(C)CC3)nc21. The molecule has 2 aliphatic rings. The molecule has 4 heterocycles. The van der Waals surface area contributed by atoms with E-state index >= 15 is 0 Å². The summed E-state index contributed by atoms with van der Waals surface area (Å²) < 4.78 is 2.78. The summed E-state index contributed by atoms with van der Waals surface area (Å²) >= 11 is 2.21. The van der Waals surface area contributed by atoms with Crippen molar-refractivity contribution < 1.29 is 9.90 Å². The first-order chi connectivity index (χ1) is 14.4. The fourth-order valence-corrected chi connectivity index (χ4v) is 5.33. The van der Waals surface area contributed by atoms with E-state index in [1.807, 2.05) is 10.6 Å². The molecule has 1 N–H and O–H groups in total. The Bertz CT molecular complexity index is 1020. The number of pyridine rings is 2. The van der Waals surface area contributed by atoms with E-state index in [1.54, 1.807) is 0 Å². The fourth-order valence-electron chi connectivity index (χ4n) is 4.55. The number of aromatic nitrogens is 2. The maximum absolute atomic E-state index is 12.9. The molecule has 0 unspecified atom stereocenters. The highest BCUT2D eigenvalue weighted by Crippen LogP contribution is 2.26. The molecule has 2 saturated heterocycles. The van der Waals surface area contributed by atoms with Crippen LogP contribution in [0.15, 0.2) is 17.1 Å². The van der Waals surface area contributed by atoms with Crippen molar-refractivity contribution in [3.8, 4) is 0 Å². The van der Waals surface area contributed by atoms with Crippen LogP contribution in [0.2, 0.25) is 0 Å². The van der Waals surface area contributed by atoms with E-state index in [2.05, 4.69) is 51.3 Å². The average molecular weight is 525 g/mol. The number of piperazine rings is 1. The van der Waals surface area contributed by atoms with Crippen LogP contribution in [0.25, 0.3) is 11.0 Å². The summed E-state index contributed by atoms with van der Waals surface area (Å²) in [5.41, 5.74) is -0.0568. The van der Waals surface area contributed by atoms with Crippen molar-refractivity contribution >= 4 is 45.4 Å². The van der Waals surface area contributed by atoms with E-state index in [4.69, 9.17) is 4.98 Å². The van der Waals surface area contributed by atoms with Crippen molar-refractivity contribution in [2.75, 3.05) is 51.2 Å². The van der Waals surface area contributed by atoms with Crippen LogP contribution in [0.1, 0.15) is 30.1 Å². The molecule has 8 nitrogen and oxygen atoms in total. The summed E-state index contributed by atoms with van der Waals surface area (Å²) in [6.07, 6.45) is 3.70. The second kappa shape index (κ2) is 8.80. The number of likely N-dealkylation sites (N-methyl/N-ethyl adjacent to an activating group) is 2. The minimum atomic E-state index is -1.19. The van der Waals surface area contributed by atoms with Crippen molar-refractivity contribution in [3.05, 3.63) is 31.6 Å². The largest absolute Gasteiger partial charge is 0.477 e. The lowest BCUT2D eigenvalue weighted by Gasteiger charge is -2.34. The molecular formula is C21H28IN5O3. The first-order valence-electron chi connectivity index (χ1n) is 10.5. The number of rotatable bonds is 5. The smallest absolute Gasteiger partial charge is 0.341 e. The summed E-state index contributed by atoms with van der Waals surface area (Å²) in [4.78, 5) is 36.5. The van der Waals surface area contributed by atoms with Gasteiger partial charge in [0, 0.05) is 45.0 Å². The number of fused-ring (bicyclic) bond motifs is 1. The van der Waals surface area contributed by atoms with Gasteiger partial charge in [0.1, 0.15) is 17.0 Å². The fraction of sp³-hybridized carbons (Fsp3) is 0.571. The maximum atomic E-state index is 12.9. The average Bonchev–Trinajstić information content (AvgIpc) is 3.17. The molecule has 0 saturated carbocycles. The molecule has 9 heteroatoms. The number of likely N-dealkylation sites (tertiary alicyclic amines) is 1. The second-order valence-electron chi connectivity index (χ2n) is 8.21. The van der Waals surface area contributed by atoms with E-state index in [9.17, 15) is 14.7 Å². The van der Waals surface area contributed by atoms with Gasteiger partial charge in [-0.05, 0) is 61.6 Å². The number of nitrogens with zero attached hydrogens (tertiary/aromatic N) is 5. The van der Waals surface area contributed by atoms with Crippen LogP contribution in [0.4, 0.5) is 5.82 Å². The molecule has 0 spiro atoms. The van der Waals surface area contributed by atoms with Crippen molar-refractivity contribution in [2.45, 2.75) is 32.4 Å². The normalized spacial score (nSPS) is 20.9. The van der Waals surface area contributed by atoms with E-state index in [0.29, 0.717) is 23.6 Å². The van der Waals surface area contributed by atoms with Crippen molar-refractivity contribution in [1.82, 2.24) is 19.4 Å². The lowest BCUT2D eigenvalue weighted by atomic mass is 10.1. The molecule has 2 aromatic rings. The molecule has 2 fully saturated rings. The third-order valence-corrected chi connectivity index (χ3v) is 7.12. The lowest BCUT2D eigenvalue weighted by molar-refractivity contribution is 0.0694. The van der Waals surface area contributed by atoms with Gasteiger partial charge in [-0.3, -0.25) is 9.69 Å². The number of anilines is 1. The number of hydrogen-bond donors (Lipinski definition) is 1. The Balaban J connectivity index is 1.83. The van der Waals surface area contributed by atoms with Crippen LogP contribution in [-0.2, 0) is 6.54 Å². The Kier molecular flexibility index (Phi) is 6.31. The summed E-state index contributed by atoms with van der Waals surface area (Å²) in [7, 11) is 2.11. The standard InChI is InChI=1S/C21H28IN5O3/c1-3-25-6-4-5-14(25)12-27-13-16(21(29)30)18(28)15-11-17(22)20(23-19(15)27)26-9-7-24(2)8-10-26/h11,13-14H,3-10,12H2,1-2H3,(H,29,30)/t14-/m0/s1. The topological polar surface area (TPSA) is 81.9 Å². The van der Waals surface area contributed by atoms with E-state index in [1.165, 1.54) is 6.20 Å². The zero-order valence-electron chi connectivity index (χ0n) is 17.5. The van der Waals surface area contributed by atoms with Crippen LogP contribution in [-0.4, -0.2) is 82.8 Å². The summed E-state index contributed by atoms with van der Waals surface area (Å²) in [5.74, 6) is -0.307. The molecule has 0 radical (unpaired) electrons. The molecule has 2 aliphatic heterocycles. The van der Waals surface area contributed by atoms with Gasteiger partial charge < -0.3 is 19.5 Å². The minimum Gasteiger partial charge on any atom is -0.477 e. The highest BCUT2D eigenvalue weighted by Gasteiger charge is 2.26. The Morgan fingerprint density at radius 3 is 2.67 bits per heavy atom. The molecule has 2 aromatic heterocycles. The molecule has 162 valence electrons. The van der Waals surface area contributed by atoms with Crippen LogP contribution >= 0.6 is 22.6 Å². The van der Waals surface area contributed by atoms with Crippen LogP contribution in [0, 0.1) is 3.57 Å². The predicted octanol–water partition coefficient (Wildman–Crippen LogP) is 1.94. The van der Waals surface area contributed by atoms with Gasteiger partial charge in [-0.25, -0.2) is 9.78 Å². The van der Waals surface area contributed by atoms with Gasteiger partial charge in [0.2, 0.25) is 5.43 Å². The molecule has 0 aromatic carbocycles. The van der Waals surface area contributed by atoms with Gasteiger partial charge in [0.15, 0.2) is 0 Å². The quantitative estimate of drug-likeness (QED) is 0.598. The predicted molar refractivity (Wildman–Crippen MR) is 126 cm³/mol. The second-order valence-corrected chi connectivity index (χ2v) is 9.37. The summed E-state index contributed by atoms with van der Waals surface area (Å²) in [6.45, 7) is 8.51. The van der Waals surface area contributed by atoms with E-state index in [-0.39, 0.29) is 5.56 Å². The Morgan fingerprint density at radius 1 is 1.27 bits per heavy atom. The Hall–Kier alpha value is -1.72. The van der Waals surface area contributed by atoms with Gasteiger partial charge in [0.25, 0.3) is 0 Å². The first-order valence-corrected chi connectivity index (χ1v) is 11.6. The van der Waals surface area contributed by atoms with Crippen LogP contribution in [0.5, 0.6) is 0 Å². The molecule has 0 bridgehead atoms. The number of halogens is 1. The number of hydrogen-bond acceptors (Lipinski definition) is 6. The van der Waals surface area contributed by atoms with Gasteiger partial charge in [-0.2, -0.15) is 0 Å². The molecule has 1 atom stereocenters. The number of carboxylic acids is 1. The Morgan fingerprint density at radius 2 is 2.00 bits per heavy atom. The summed E-state index contributed by atoms with van der Waals surface area (Å²) in [6, 6.07) is 2.14. The third kappa shape index (κ3) is 4.06. The molecule has 0 aliphatic carbocycles. The van der Waals surface area contributed by atoms with Crippen LogP contribution in [0.3, 0.4) is 0 Å². The van der Waals surface area contributed by atoms with Crippen molar-refractivity contribution in [2.24, 2.45) is 0 Å². The highest BCUT2D eigenvalue weighted by molar-refractivity contribution is 14.1. The van der Waals surface area contributed by atoms with Crippen molar-refractivity contribution in [1.29, 1.82) is 0 Å². The van der Waals surface area contributed by atoms with Crippen molar-refractivity contribution in [3.63, 3.8) is 0 Å². The first kappa shape index (κ1) is 21.5. The molecule has 30 heavy (non-hydrogen) atoms. The van der Waals surface area contributed by atoms with Gasteiger partial charge >= 0.3 is 5.97 Å². The number of aromatic carboxylic acids is 1. The molecule has 0 amide bonds. The number of carbonyl (C=O) groups is 1. The van der Waals surface area contributed by atoms with Gasteiger partial charge in [-0.1, -0.05) is 6.92 Å². The number of carboxylic acid groups (broad SMARTS) is 1. The van der Waals surface area contributed by atoms with E-state index < -0.39 is 11.4 Å². The minimum absolute atomic E-state index is 0.187. The van der Waals surface area contributed by atoms with Crippen LogP contribution < -0.4 is 10.3 Å². The van der Waals surface area contributed by atoms with Gasteiger partial charge in [-0.15, -0.1) is 0 Å². The third-order valence-electron chi connectivity index (χ3n) is 6.33. The highest BCUT2D eigenvalue weighted by atomic mass is 127. The Labute approximate surface area is 189 Å². The van der Waals surface area contributed by atoms with Gasteiger partial charge in [0.05, 0.1) is 8.96 Å².